The van der Waals surface area contributed by atoms with E-state index in [0.717, 1.165) is 17.7 Å². The first-order valence-electron chi connectivity index (χ1n) is 15.4. The van der Waals surface area contributed by atoms with Gasteiger partial charge >= 0.3 is 6.18 Å². The molecule has 3 N–H and O–H groups in total. The number of pyridine rings is 4. The number of halogens is 3. The lowest BCUT2D eigenvalue weighted by Crippen LogP contribution is -2.41. The number of carbonyl (C=O) groups excluding carboxylic acids is 3. The second-order valence-corrected chi connectivity index (χ2v) is 11.1. The molecule has 0 fully saturated rings. The molecule has 13 heteroatoms. The Balaban J connectivity index is 1.15. The summed E-state index contributed by atoms with van der Waals surface area (Å²) in [5.41, 5.74) is 2.02. The Labute approximate surface area is 283 Å². The summed E-state index contributed by atoms with van der Waals surface area (Å²) in [6.07, 6.45) is 2.43. The zero-order chi connectivity index (χ0) is 35.1. The van der Waals surface area contributed by atoms with Crippen LogP contribution in [0.5, 0.6) is 0 Å². The first-order valence-corrected chi connectivity index (χ1v) is 15.4. The molecule has 0 radical (unpaired) electrons. The standard InChI is InChI=1S/C37H28F3N7O3/c38-37(39,40)27-10-6-24(7-11-27)32-28(4-3-18-43-32)35(49)46-31-13-9-25-22-26(8-12-29(25)45-31)34(48)47-33(30-5-1-2-17-42-30)36(50)44-21-16-23-14-19-41-20-15-23/h1-15,17-20,22,33H,16,21H2,(H,44,50)(H,47,48)(H,45,46,49)/t33-/m0/s1. The molecule has 0 aliphatic heterocycles. The van der Waals surface area contributed by atoms with E-state index in [1.807, 2.05) is 12.1 Å². The van der Waals surface area contributed by atoms with Crippen molar-refractivity contribution in [3.63, 3.8) is 0 Å². The lowest BCUT2D eigenvalue weighted by molar-refractivity contribution is -0.137. The fourth-order valence-corrected chi connectivity index (χ4v) is 5.17. The van der Waals surface area contributed by atoms with Gasteiger partial charge in [0.05, 0.1) is 28.0 Å². The van der Waals surface area contributed by atoms with E-state index in [-0.39, 0.29) is 22.6 Å². The molecule has 6 rings (SSSR count). The molecule has 0 bridgehead atoms. The summed E-state index contributed by atoms with van der Waals surface area (Å²) in [5.74, 6) is -1.27. The molecular formula is C37H28F3N7O3. The minimum Gasteiger partial charge on any atom is -0.354 e. The molecule has 10 nitrogen and oxygen atoms in total. The van der Waals surface area contributed by atoms with Crippen LogP contribution < -0.4 is 16.0 Å². The molecular weight excluding hydrogens is 647 g/mol. The number of carbonyl (C=O) groups is 3. The fourth-order valence-electron chi connectivity index (χ4n) is 5.17. The maximum atomic E-state index is 13.4. The Morgan fingerprint density at radius 3 is 2.28 bits per heavy atom. The van der Waals surface area contributed by atoms with Gasteiger partial charge in [-0.05, 0) is 90.8 Å². The highest BCUT2D eigenvalue weighted by molar-refractivity contribution is 6.08. The summed E-state index contributed by atoms with van der Waals surface area (Å²) in [4.78, 5) is 56.9. The predicted octanol–water partition coefficient (Wildman–Crippen LogP) is 6.19. The quantitative estimate of drug-likeness (QED) is 0.157. The highest BCUT2D eigenvalue weighted by Gasteiger charge is 2.30. The number of hydrogen-bond donors (Lipinski definition) is 3. The van der Waals surface area contributed by atoms with Crippen LogP contribution in [0.2, 0.25) is 0 Å². The van der Waals surface area contributed by atoms with E-state index in [4.69, 9.17) is 0 Å². The SMILES string of the molecule is O=C(N[C@H](C(=O)NCCc1ccncc1)c1ccccn1)c1ccc2nc(NC(=O)c3cccnc3-c3ccc(C(F)(F)F)cc3)ccc2c1. The second kappa shape index (κ2) is 14.7. The number of amides is 3. The van der Waals surface area contributed by atoms with Gasteiger partial charge < -0.3 is 16.0 Å². The number of anilines is 1. The van der Waals surface area contributed by atoms with E-state index in [9.17, 15) is 27.6 Å². The summed E-state index contributed by atoms with van der Waals surface area (Å²) in [5, 5.41) is 8.96. The Morgan fingerprint density at radius 2 is 1.54 bits per heavy atom. The van der Waals surface area contributed by atoms with E-state index in [1.165, 1.54) is 24.4 Å². The summed E-state index contributed by atoms with van der Waals surface area (Å²) in [6.45, 7) is 0.347. The van der Waals surface area contributed by atoms with Crippen LogP contribution in [0.1, 0.15) is 43.6 Å². The van der Waals surface area contributed by atoms with Crippen molar-refractivity contribution in [3.8, 4) is 11.3 Å². The van der Waals surface area contributed by atoms with Crippen molar-refractivity contribution in [1.29, 1.82) is 0 Å². The van der Waals surface area contributed by atoms with Gasteiger partial charge in [0.25, 0.3) is 11.8 Å². The monoisotopic (exact) mass is 675 g/mol. The number of rotatable bonds is 10. The van der Waals surface area contributed by atoms with E-state index in [0.29, 0.717) is 35.1 Å². The van der Waals surface area contributed by atoms with Gasteiger partial charge in [-0.1, -0.05) is 18.2 Å². The lowest BCUT2D eigenvalue weighted by atomic mass is 10.0. The average Bonchev–Trinajstić information content (AvgIpc) is 3.14. The van der Waals surface area contributed by atoms with Crippen LogP contribution >= 0.6 is 0 Å². The maximum Gasteiger partial charge on any atom is 0.416 e. The number of hydrogen-bond acceptors (Lipinski definition) is 7. The fraction of sp³-hybridized carbons (Fsp3) is 0.108. The van der Waals surface area contributed by atoms with Gasteiger partial charge in [0.15, 0.2) is 6.04 Å². The Hall–Kier alpha value is -6.50. The smallest absolute Gasteiger partial charge is 0.354 e. The van der Waals surface area contributed by atoms with Crippen LogP contribution in [0.15, 0.2) is 122 Å². The molecule has 2 aromatic carbocycles. The number of benzene rings is 2. The first kappa shape index (κ1) is 33.4. The maximum absolute atomic E-state index is 13.4. The summed E-state index contributed by atoms with van der Waals surface area (Å²) >= 11 is 0. The van der Waals surface area contributed by atoms with Crippen molar-refractivity contribution >= 4 is 34.4 Å². The third kappa shape index (κ3) is 7.96. The average molecular weight is 676 g/mol. The predicted molar refractivity (Wildman–Crippen MR) is 180 cm³/mol. The van der Waals surface area contributed by atoms with E-state index in [2.05, 4.69) is 35.9 Å². The van der Waals surface area contributed by atoms with Gasteiger partial charge in [-0.25, -0.2) is 4.98 Å². The van der Waals surface area contributed by atoms with Gasteiger partial charge in [0, 0.05) is 47.8 Å². The lowest BCUT2D eigenvalue weighted by Gasteiger charge is -2.18. The Morgan fingerprint density at radius 1 is 0.760 bits per heavy atom. The summed E-state index contributed by atoms with van der Waals surface area (Å²) < 4.78 is 39.1. The van der Waals surface area contributed by atoms with Gasteiger partial charge in [-0.2, -0.15) is 13.2 Å². The number of alkyl halides is 3. The number of fused-ring (bicyclic) bond motifs is 1. The summed E-state index contributed by atoms with van der Waals surface area (Å²) in [7, 11) is 0. The van der Waals surface area contributed by atoms with Gasteiger partial charge in [-0.15, -0.1) is 0 Å². The van der Waals surface area contributed by atoms with Gasteiger partial charge in [-0.3, -0.25) is 29.3 Å². The zero-order valence-corrected chi connectivity index (χ0v) is 26.2. The van der Waals surface area contributed by atoms with Crippen LogP contribution in [0.3, 0.4) is 0 Å². The third-order valence-electron chi connectivity index (χ3n) is 7.71. The molecule has 4 aromatic heterocycles. The summed E-state index contributed by atoms with van der Waals surface area (Å²) in [6, 6.07) is 23.2. The van der Waals surface area contributed by atoms with Crippen molar-refractivity contribution < 1.29 is 27.6 Å². The number of nitrogens with zero attached hydrogens (tertiary/aromatic N) is 4. The minimum atomic E-state index is -4.49. The highest BCUT2D eigenvalue weighted by atomic mass is 19.4. The van der Waals surface area contributed by atoms with Gasteiger partial charge in [0.1, 0.15) is 5.82 Å². The van der Waals surface area contributed by atoms with E-state index < -0.39 is 35.5 Å². The Bertz CT molecular complexity index is 2150. The highest BCUT2D eigenvalue weighted by Crippen LogP contribution is 2.31. The van der Waals surface area contributed by atoms with Crippen LogP contribution in [-0.4, -0.2) is 44.2 Å². The number of nitrogens with one attached hydrogen (secondary N) is 3. The largest absolute Gasteiger partial charge is 0.416 e. The molecule has 0 aliphatic carbocycles. The Kier molecular flexibility index (Phi) is 9.84. The molecule has 50 heavy (non-hydrogen) atoms. The molecule has 250 valence electrons. The molecule has 0 saturated heterocycles. The molecule has 3 amide bonds. The van der Waals surface area contributed by atoms with Crippen LogP contribution in [-0.2, 0) is 17.4 Å². The molecule has 0 unspecified atom stereocenters. The third-order valence-corrected chi connectivity index (χ3v) is 7.71. The molecule has 6 aromatic rings. The van der Waals surface area contributed by atoms with Gasteiger partial charge in [0.2, 0.25) is 5.91 Å². The van der Waals surface area contributed by atoms with Crippen LogP contribution in [0, 0.1) is 0 Å². The van der Waals surface area contributed by atoms with Crippen molar-refractivity contribution in [2.24, 2.45) is 0 Å². The van der Waals surface area contributed by atoms with Crippen molar-refractivity contribution in [2.45, 2.75) is 18.6 Å². The molecule has 4 heterocycles. The van der Waals surface area contributed by atoms with Crippen molar-refractivity contribution in [2.75, 3.05) is 11.9 Å². The van der Waals surface area contributed by atoms with E-state index in [1.54, 1.807) is 73.2 Å². The number of aromatic nitrogens is 4. The first-order chi connectivity index (χ1) is 24.2. The normalized spacial score (nSPS) is 11.8. The van der Waals surface area contributed by atoms with Crippen molar-refractivity contribution in [1.82, 2.24) is 30.6 Å². The van der Waals surface area contributed by atoms with E-state index >= 15 is 0 Å². The molecule has 0 aliphatic rings. The minimum absolute atomic E-state index is 0.144. The van der Waals surface area contributed by atoms with Crippen LogP contribution in [0.4, 0.5) is 19.0 Å². The van der Waals surface area contributed by atoms with Crippen LogP contribution in [0.25, 0.3) is 22.2 Å². The molecule has 0 saturated carbocycles. The molecule has 0 spiro atoms. The van der Waals surface area contributed by atoms with Crippen molar-refractivity contribution in [3.05, 3.63) is 150 Å². The molecule has 1 atom stereocenters. The topological polar surface area (TPSA) is 139 Å². The second-order valence-electron chi connectivity index (χ2n) is 11.1. The zero-order valence-electron chi connectivity index (χ0n) is 26.2.